The quantitative estimate of drug-likeness (QED) is 0.185. The van der Waals surface area contributed by atoms with Crippen molar-refractivity contribution in [2.75, 3.05) is 54.4 Å². The molecule has 6 atom stereocenters. The molecule has 2 aromatic heterocycles. The van der Waals surface area contributed by atoms with Gasteiger partial charge >= 0.3 is 0 Å². The van der Waals surface area contributed by atoms with Gasteiger partial charge in [0.25, 0.3) is 0 Å². The van der Waals surface area contributed by atoms with Crippen molar-refractivity contribution in [3.05, 3.63) is 34.4 Å². The van der Waals surface area contributed by atoms with E-state index in [-0.39, 0.29) is 23.0 Å². The van der Waals surface area contributed by atoms with E-state index in [1.165, 1.54) is 41.1 Å². The third kappa shape index (κ3) is 7.53. The van der Waals surface area contributed by atoms with Gasteiger partial charge in [-0.3, -0.25) is 10.2 Å². The predicted molar refractivity (Wildman–Crippen MR) is 187 cm³/mol. The fourth-order valence-corrected chi connectivity index (χ4v) is 10.4. The highest BCUT2D eigenvalue weighted by molar-refractivity contribution is 5.33. The van der Waals surface area contributed by atoms with E-state index in [0.29, 0.717) is 17.8 Å². The Morgan fingerprint density at radius 1 is 0.745 bits per heavy atom. The first-order valence-electron chi connectivity index (χ1n) is 18.9. The number of H-pyrrole nitrogens is 2. The molecule has 4 saturated carbocycles. The van der Waals surface area contributed by atoms with Crippen LogP contribution in [-0.4, -0.2) is 107 Å². The summed E-state index contributed by atoms with van der Waals surface area (Å²) in [5.41, 5.74) is 6.57. The number of aliphatic hydroxyl groups excluding tert-OH is 2. The van der Waals surface area contributed by atoms with Gasteiger partial charge in [-0.25, -0.2) is 0 Å². The first kappa shape index (κ1) is 35.0. The lowest BCUT2D eigenvalue weighted by Crippen LogP contribution is -2.44. The van der Waals surface area contributed by atoms with Crippen LogP contribution in [-0.2, 0) is 13.1 Å². The minimum Gasteiger partial charge on any atom is -0.393 e. The molecule has 2 heterocycles. The molecule has 6 N–H and O–H groups in total. The Morgan fingerprint density at radius 3 is 2.04 bits per heavy atom. The highest BCUT2D eigenvalue weighted by atomic mass is 16.3. The summed E-state index contributed by atoms with van der Waals surface area (Å²) in [6.07, 6.45) is 16.6. The molecule has 4 aliphatic rings. The summed E-state index contributed by atoms with van der Waals surface area (Å²) in [7, 11) is 8.44. The second-order valence-electron chi connectivity index (χ2n) is 16.2. The molecular weight excluding hydrogens is 588 g/mol. The molecule has 47 heavy (non-hydrogen) atoms. The monoisotopic (exact) mass is 653 g/mol. The number of hydrogen-bond donors (Lipinski definition) is 6. The molecule has 4 aliphatic carbocycles. The van der Waals surface area contributed by atoms with Crippen LogP contribution in [0.4, 0.5) is 0 Å². The minimum absolute atomic E-state index is 0.0901. The first-order chi connectivity index (χ1) is 22.8. The Balaban J connectivity index is 1.24. The Kier molecular flexibility index (Phi) is 11.5. The SMILES string of the molecule is CNCCN(C)Cc1cn[nH]c1[C@H]1CC[C@@H](O)C2(CCCC(c3n[nH]c([C@@H]4CC[C@H](O)C5(CCCC5)C4)c3CN(C)CCNC)C2)C1. The molecule has 10 heteroatoms. The molecule has 0 amide bonds. The molecule has 2 spiro atoms. The fraction of sp³-hybridized carbons (Fsp3) is 0.838. The summed E-state index contributed by atoms with van der Waals surface area (Å²) in [6, 6.07) is 0. The topological polar surface area (TPSA) is 128 Å². The third-order valence-corrected chi connectivity index (χ3v) is 13.0. The normalized spacial score (nSPS) is 31.1. The lowest BCUT2D eigenvalue weighted by Gasteiger charge is -2.49. The van der Waals surface area contributed by atoms with Crippen LogP contribution in [0.2, 0.25) is 0 Å². The minimum atomic E-state index is -0.270. The maximum atomic E-state index is 11.7. The number of rotatable bonds is 13. The average molecular weight is 653 g/mol. The van der Waals surface area contributed by atoms with Gasteiger partial charge in [-0.1, -0.05) is 19.3 Å². The highest BCUT2D eigenvalue weighted by Gasteiger charge is 2.49. The van der Waals surface area contributed by atoms with Crippen molar-refractivity contribution in [2.24, 2.45) is 10.8 Å². The molecule has 0 bridgehead atoms. The summed E-state index contributed by atoms with van der Waals surface area (Å²) < 4.78 is 0. The third-order valence-electron chi connectivity index (χ3n) is 13.0. The van der Waals surface area contributed by atoms with Crippen molar-refractivity contribution in [1.82, 2.24) is 40.8 Å². The van der Waals surface area contributed by atoms with Crippen molar-refractivity contribution in [1.29, 1.82) is 0 Å². The van der Waals surface area contributed by atoms with Crippen LogP contribution in [0, 0.1) is 10.8 Å². The van der Waals surface area contributed by atoms with Crippen LogP contribution < -0.4 is 10.6 Å². The van der Waals surface area contributed by atoms with Gasteiger partial charge in [0.2, 0.25) is 0 Å². The van der Waals surface area contributed by atoms with Crippen LogP contribution >= 0.6 is 0 Å². The van der Waals surface area contributed by atoms with Gasteiger partial charge in [0, 0.05) is 79.5 Å². The van der Waals surface area contributed by atoms with Crippen LogP contribution in [0.5, 0.6) is 0 Å². The Morgan fingerprint density at radius 2 is 1.34 bits per heavy atom. The van der Waals surface area contributed by atoms with Crippen LogP contribution in [0.3, 0.4) is 0 Å². The number of nitrogens with one attached hydrogen (secondary N) is 4. The van der Waals surface area contributed by atoms with Gasteiger partial charge in [0.05, 0.1) is 24.1 Å². The number of aromatic amines is 2. The standard InChI is InChI=1S/C37H64N8O2/c1-38-16-18-44(3)24-29-23-40-41-33(29)27-9-12-32(47)37(22-27)15-7-8-26(21-37)34-30(25-45(4)19-17-39-2)35(43-42-34)28-10-11-31(46)36(20-28)13-5-6-14-36/h23,26-28,31-32,38-39,46-47H,5-22,24-25H2,1-4H3,(H,40,41)(H,42,43)/t26?,27-,28+,31-,32+,37?/m0/s1. The second-order valence-corrected chi connectivity index (χ2v) is 16.2. The van der Waals surface area contributed by atoms with E-state index < -0.39 is 0 Å². The Bertz CT molecular complexity index is 1270. The smallest absolute Gasteiger partial charge is 0.0701 e. The molecular formula is C37H64N8O2. The molecule has 6 rings (SSSR count). The highest BCUT2D eigenvalue weighted by Crippen LogP contribution is 2.57. The number of nitrogens with zero attached hydrogens (tertiary/aromatic N) is 4. The number of aliphatic hydroxyl groups is 2. The van der Waals surface area contributed by atoms with Gasteiger partial charge in [0.15, 0.2) is 0 Å². The van der Waals surface area contributed by atoms with Crippen LogP contribution in [0.25, 0.3) is 0 Å². The van der Waals surface area contributed by atoms with Gasteiger partial charge in [-0.2, -0.15) is 10.2 Å². The van der Waals surface area contributed by atoms with Crippen molar-refractivity contribution >= 4 is 0 Å². The van der Waals surface area contributed by atoms with Gasteiger partial charge in [-0.05, 0) is 110 Å². The molecule has 2 aromatic rings. The van der Waals surface area contributed by atoms with Crippen molar-refractivity contribution in [3.8, 4) is 0 Å². The van der Waals surface area contributed by atoms with Gasteiger partial charge < -0.3 is 30.6 Å². The average Bonchev–Trinajstić information content (AvgIpc) is 3.83. The van der Waals surface area contributed by atoms with E-state index in [9.17, 15) is 10.2 Å². The number of aromatic nitrogens is 4. The van der Waals surface area contributed by atoms with E-state index in [1.54, 1.807) is 0 Å². The van der Waals surface area contributed by atoms with E-state index >= 15 is 0 Å². The van der Waals surface area contributed by atoms with E-state index in [0.717, 1.165) is 116 Å². The Labute approximate surface area is 283 Å². The molecule has 0 radical (unpaired) electrons. The summed E-state index contributed by atoms with van der Waals surface area (Å²) in [4.78, 5) is 4.80. The zero-order valence-electron chi connectivity index (χ0n) is 29.8. The molecule has 0 saturated heterocycles. The molecule has 0 aliphatic heterocycles. The lowest BCUT2D eigenvalue weighted by molar-refractivity contribution is -0.0492. The van der Waals surface area contributed by atoms with Crippen LogP contribution in [0.15, 0.2) is 6.20 Å². The molecule has 10 nitrogen and oxygen atoms in total. The fourth-order valence-electron chi connectivity index (χ4n) is 10.4. The van der Waals surface area contributed by atoms with E-state index in [4.69, 9.17) is 5.10 Å². The summed E-state index contributed by atoms with van der Waals surface area (Å²) in [6.45, 7) is 5.69. The maximum Gasteiger partial charge on any atom is 0.0701 e. The van der Waals surface area contributed by atoms with Crippen molar-refractivity contribution in [2.45, 2.75) is 133 Å². The lowest BCUT2D eigenvalue weighted by atomic mass is 9.57. The van der Waals surface area contributed by atoms with Crippen LogP contribution in [0.1, 0.15) is 136 Å². The summed E-state index contributed by atoms with van der Waals surface area (Å²) >= 11 is 0. The Hall–Kier alpha value is -1.82. The van der Waals surface area contributed by atoms with Crippen molar-refractivity contribution < 1.29 is 10.2 Å². The number of hydrogen-bond acceptors (Lipinski definition) is 8. The zero-order chi connectivity index (χ0) is 33.0. The summed E-state index contributed by atoms with van der Waals surface area (Å²) in [5, 5.41) is 46.2. The molecule has 2 unspecified atom stereocenters. The second kappa shape index (κ2) is 15.4. The zero-order valence-corrected chi connectivity index (χ0v) is 29.8. The molecule has 4 fully saturated rings. The first-order valence-corrected chi connectivity index (χ1v) is 18.9. The summed E-state index contributed by atoms with van der Waals surface area (Å²) in [5.74, 6) is 1.17. The predicted octanol–water partition coefficient (Wildman–Crippen LogP) is 4.60. The van der Waals surface area contributed by atoms with Gasteiger partial charge in [-0.15, -0.1) is 0 Å². The maximum absolute atomic E-state index is 11.7. The molecule has 264 valence electrons. The molecule has 0 aromatic carbocycles. The van der Waals surface area contributed by atoms with E-state index in [1.807, 2.05) is 20.3 Å². The van der Waals surface area contributed by atoms with Crippen molar-refractivity contribution in [3.63, 3.8) is 0 Å². The largest absolute Gasteiger partial charge is 0.393 e. The van der Waals surface area contributed by atoms with E-state index in [2.05, 4.69) is 49.8 Å². The number of likely N-dealkylation sites (N-methyl/N-ethyl adjacent to an activating group) is 4. The van der Waals surface area contributed by atoms with Gasteiger partial charge in [0.1, 0.15) is 0 Å².